The van der Waals surface area contributed by atoms with E-state index in [1.807, 2.05) is 64.1 Å². The van der Waals surface area contributed by atoms with Crippen molar-refractivity contribution in [3.05, 3.63) is 74.6 Å². The Morgan fingerprint density at radius 2 is 1.73 bits per heavy atom. The van der Waals surface area contributed by atoms with Crippen molar-refractivity contribution >= 4 is 16.9 Å². The fraction of sp³-hybridized carbons (Fsp3) is 0.484. The number of unbranched alkanes of at least 4 members (excludes halogenated alkanes) is 3. The van der Waals surface area contributed by atoms with Gasteiger partial charge in [-0.3, -0.25) is 9.59 Å². The number of carbonyl (C=O) groups excluding carboxylic acids is 1. The standard InChI is InChI=1S/C31H39NO5/c1-6-7-8-9-16-36-24-13-11-23(12-14-24)27-26-28(33)25-19-21(4)18-22(5)29(25)37-30(26)31(34)32(27)15-10-17-35-20(2)3/h11-14,18-20,27H,6-10,15-17H2,1-5H3. The first-order chi connectivity index (χ1) is 17.8. The van der Waals surface area contributed by atoms with E-state index in [9.17, 15) is 9.59 Å². The second-order valence-electron chi connectivity index (χ2n) is 10.3. The van der Waals surface area contributed by atoms with Crippen LogP contribution in [0.15, 0.2) is 45.6 Å². The first kappa shape index (κ1) is 26.9. The Labute approximate surface area is 219 Å². The molecule has 2 heterocycles. The predicted octanol–water partition coefficient (Wildman–Crippen LogP) is 6.73. The number of hydrogen-bond donors (Lipinski definition) is 0. The van der Waals surface area contributed by atoms with Crippen LogP contribution in [0.5, 0.6) is 5.75 Å². The Hall–Kier alpha value is -3.12. The molecule has 0 aliphatic carbocycles. The van der Waals surface area contributed by atoms with Gasteiger partial charge in [0.25, 0.3) is 5.91 Å². The summed E-state index contributed by atoms with van der Waals surface area (Å²) in [6, 6.07) is 11.1. The van der Waals surface area contributed by atoms with Crippen molar-refractivity contribution in [1.29, 1.82) is 0 Å². The maximum absolute atomic E-state index is 13.8. The Morgan fingerprint density at radius 1 is 0.973 bits per heavy atom. The van der Waals surface area contributed by atoms with Gasteiger partial charge in [0, 0.05) is 13.2 Å². The molecular formula is C31H39NO5. The van der Waals surface area contributed by atoms with Crippen LogP contribution in [0.1, 0.15) is 91.7 Å². The normalized spacial score (nSPS) is 15.1. The lowest BCUT2D eigenvalue weighted by atomic mass is 9.97. The summed E-state index contributed by atoms with van der Waals surface area (Å²) in [5.41, 5.74) is 3.47. The van der Waals surface area contributed by atoms with Gasteiger partial charge in [0.1, 0.15) is 11.3 Å². The summed E-state index contributed by atoms with van der Waals surface area (Å²) in [7, 11) is 0. The summed E-state index contributed by atoms with van der Waals surface area (Å²) in [5.74, 6) is 0.689. The number of aryl methyl sites for hydroxylation is 2. The number of benzene rings is 2. The minimum Gasteiger partial charge on any atom is -0.494 e. The molecule has 1 aliphatic rings. The number of ether oxygens (including phenoxy) is 2. The minimum absolute atomic E-state index is 0.122. The number of fused-ring (bicyclic) bond motifs is 2. The Kier molecular flexibility index (Phi) is 8.70. The number of nitrogens with zero attached hydrogens (tertiary/aromatic N) is 1. The molecule has 0 fully saturated rings. The third kappa shape index (κ3) is 5.90. The lowest BCUT2D eigenvalue weighted by Gasteiger charge is -2.25. The van der Waals surface area contributed by atoms with Crippen molar-refractivity contribution in [2.24, 2.45) is 0 Å². The molecule has 0 saturated carbocycles. The van der Waals surface area contributed by atoms with E-state index in [0.29, 0.717) is 42.7 Å². The van der Waals surface area contributed by atoms with Gasteiger partial charge in [-0.2, -0.15) is 0 Å². The van der Waals surface area contributed by atoms with E-state index in [-0.39, 0.29) is 23.2 Å². The highest BCUT2D eigenvalue weighted by Gasteiger charge is 2.42. The van der Waals surface area contributed by atoms with Gasteiger partial charge in [0.2, 0.25) is 5.76 Å². The number of amides is 1. The lowest BCUT2D eigenvalue weighted by molar-refractivity contribution is 0.0593. The number of hydrogen-bond acceptors (Lipinski definition) is 5. The van der Waals surface area contributed by atoms with Crippen molar-refractivity contribution in [3.63, 3.8) is 0 Å². The van der Waals surface area contributed by atoms with Crippen LogP contribution in [0.25, 0.3) is 11.0 Å². The molecule has 0 spiro atoms. The van der Waals surface area contributed by atoms with E-state index in [0.717, 1.165) is 35.3 Å². The summed E-state index contributed by atoms with van der Waals surface area (Å²) in [5, 5.41) is 0.520. The maximum Gasteiger partial charge on any atom is 0.290 e. The van der Waals surface area contributed by atoms with E-state index >= 15 is 0 Å². The van der Waals surface area contributed by atoms with Crippen LogP contribution in [-0.2, 0) is 4.74 Å². The zero-order valence-corrected chi connectivity index (χ0v) is 22.8. The van der Waals surface area contributed by atoms with Crippen LogP contribution in [0.2, 0.25) is 0 Å². The maximum atomic E-state index is 13.8. The van der Waals surface area contributed by atoms with Crippen LogP contribution < -0.4 is 10.2 Å². The predicted molar refractivity (Wildman–Crippen MR) is 147 cm³/mol. The van der Waals surface area contributed by atoms with Gasteiger partial charge < -0.3 is 18.8 Å². The molecule has 0 bridgehead atoms. The molecule has 2 aromatic carbocycles. The van der Waals surface area contributed by atoms with E-state index in [1.54, 1.807) is 4.90 Å². The monoisotopic (exact) mass is 505 g/mol. The van der Waals surface area contributed by atoms with Gasteiger partial charge in [0.15, 0.2) is 5.43 Å². The fourth-order valence-corrected chi connectivity index (χ4v) is 5.07. The average molecular weight is 506 g/mol. The first-order valence-electron chi connectivity index (χ1n) is 13.5. The molecule has 1 aromatic heterocycles. The molecule has 6 nitrogen and oxygen atoms in total. The van der Waals surface area contributed by atoms with Gasteiger partial charge in [-0.25, -0.2) is 0 Å². The first-order valence-corrected chi connectivity index (χ1v) is 13.5. The van der Waals surface area contributed by atoms with Crippen LogP contribution in [0, 0.1) is 13.8 Å². The van der Waals surface area contributed by atoms with Crippen LogP contribution in [0.4, 0.5) is 0 Å². The Bertz CT molecular complexity index is 1290. The van der Waals surface area contributed by atoms with Crippen LogP contribution in [-0.4, -0.2) is 36.7 Å². The second kappa shape index (κ2) is 12.0. The SMILES string of the molecule is CCCCCCOc1ccc(C2c3c(oc4c(C)cc(C)cc4c3=O)C(=O)N2CCCOC(C)C)cc1. The highest BCUT2D eigenvalue weighted by Crippen LogP contribution is 2.39. The van der Waals surface area contributed by atoms with E-state index in [2.05, 4.69) is 6.92 Å². The van der Waals surface area contributed by atoms with Crippen molar-refractivity contribution in [3.8, 4) is 5.75 Å². The van der Waals surface area contributed by atoms with Gasteiger partial charge >= 0.3 is 0 Å². The molecule has 1 amide bonds. The molecule has 3 aromatic rings. The summed E-state index contributed by atoms with van der Waals surface area (Å²) in [6.45, 7) is 11.7. The molecule has 198 valence electrons. The molecular weight excluding hydrogens is 466 g/mol. The van der Waals surface area contributed by atoms with Crippen molar-refractivity contribution in [1.82, 2.24) is 4.90 Å². The van der Waals surface area contributed by atoms with Gasteiger partial charge in [-0.05, 0) is 75.4 Å². The molecule has 4 rings (SSSR count). The highest BCUT2D eigenvalue weighted by atomic mass is 16.5. The zero-order chi connectivity index (χ0) is 26.5. The van der Waals surface area contributed by atoms with Crippen molar-refractivity contribution in [2.75, 3.05) is 19.8 Å². The van der Waals surface area contributed by atoms with E-state index < -0.39 is 6.04 Å². The van der Waals surface area contributed by atoms with Crippen LogP contribution >= 0.6 is 0 Å². The zero-order valence-electron chi connectivity index (χ0n) is 22.8. The number of carbonyl (C=O) groups is 1. The van der Waals surface area contributed by atoms with Crippen LogP contribution in [0.3, 0.4) is 0 Å². The quantitative estimate of drug-likeness (QED) is 0.255. The van der Waals surface area contributed by atoms with E-state index in [4.69, 9.17) is 13.9 Å². The summed E-state index contributed by atoms with van der Waals surface area (Å²) >= 11 is 0. The highest BCUT2D eigenvalue weighted by molar-refractivity contribution is 5.99. The van der Waals surface area contributed by atoms with Gasteiger partial charge in [-0.15, -0.1) is 0 Å². The third-order valence-electron chi connectivity index (χ3n) is 6.85. The number of rotatable bonds is 12. The molecule has 0 N–H and O–H groups in total. The molecule has 1 atom stereocenters. The van der Waals surface area contributed by atoms with Crippen molar-refractivity contribution in [2.45, 2.75) is 78.9 Å². The largest absolute Gasteiger partial charge is 0.494 e. The summed E-state index contributed by atoms with van der Waals surface area (Å²) in [4.78, 5) is 29.2. The fourth-order valence-electron chi connectivity index (χ4n) is 5.07. The molecule has 1 aliphatic heterocycles. The lowest BCUT2D eigenvalue weighted by Crippen LogP contribution is -2.31. The molecule has 6 heteroatoms. The van der Waals surface area contributed by atoms with Gasteiger partial charge in [-0.1, -0.05) is 44.4 Å². The Balaban J connectivity index is 1.68. The van der Waals surface area contributed by atoms with Gasteiger partial charge in [0.05, 0.1) is 29.7 Å². The molecule has 0 saturated heterocycles. The van der Waals surface area contributed by atoms with Crippen molar-refractivity contribution < 1.29 is 18.7 Å². The third-order valence-corrected chi connectivity index (χ3v) is 6.85. The van der Waals surface area contributed by atoms with E-state index in [1.165, 1.54) is 12.8 Å². The second-order valence-corrected chi connectivity index (χ2v) is 10.3. The summed E-state index contributed by atoms with van der Waals surface area (Å²) in [6.07, 6.45) is 5.38. The summed E-state index contributed by atoms with van der Waals surface area (Å²) < 4.78 is 17.8. The smallest absolute Gasteiger partial charge is 0.290 e. The minimum atomic E-state index is -0.512. The molecule has 0 radical (unpaired) electrons. The molecule has 37 heavy (non-hydrogen) atoms. The topological polar surface area (TPSA) is 69.0 Å². The Morgan fingerprint density at radius 3 is 2.43 bits per heavy atom. The average Bonchev–Trinajstić information content (AvgIpc) is 3.14. The molecule has 1 unspecified atom stereocenters.